The van der Waals surface area contributed by atoms with Gasteiger partial charge in [-0.25, -0.2) is 0 Å². The van der Waals surface area contributed by atoms with E-state index in [1.54, 1.807) is 0 Å². The molecular weight excluding hydrogens is 386 g/mol. The zero-order valence-electron chi connectivity index (χ0n) is 8.13. The highest BCUT2D eigenvalue weighted by Crippen LogP contribution is 2.21. The van der Waals surface area contributed by atoms with Crippen molar-refractivity contribution in [1.82, 2.24) is 0 Å². The second kappa shape index (κ2) is 9.24. The van der Waals surface area contributed by atoms with Crippen LogP contribution in [0.3, 0.4) is 0 Å². The van der Waals surface area contributed by atoms with Crippen molar-refractivity contribution < 1.29 is 0 Å². The van der Waals surface area contributed by atoms with Gasteiger partial charge in [-0.15, -0.1) is 0 Å². The number of hydrogen-bond acceptors (Lipinski definition) is 0. The first-order chi connectivity index (χ1) is 6.38. The minimum absolute atomic E-state index is 0.760. The van der Waals surface area contributed by atoms with E-state index < -0.39 is 0 Å². The van der Waals surface area contributed by atoms with E-state index >= 15 is 0 Å². The maximum atomic E-state index is 2.25. The first-order valence-corrected chi connectivity index (χ1v) is 10.9. The minimum atomic E-state index is 0.760. The molecule has 0 N–H and O–H groups in total. The van der Waals surface area contributed by atoms with Crippen LogP contribution in [0.2, 0.25) is 0 Å². The molecule has 0 aliphatic rings. The molecule has 0 heterocycles. The molecule has 2 heteroatoms. The molecule has 0 aliphatic heterocycles. The van der Waals surface area contributed by atoms with Crippen LogP contribution in [0, 0.1) is 0 Å². The summed E-state index contributed by atoms with van der Waals surface area (Å²) in [4.78, 5) is 0. The van der Waals surface area contributed by atoms with Crippen molar-refractivity contribution >= 4 is 37.2 Å². The fourth-order valence-corrected chi connectivity index (χ4v) is 1.49. The third-order valence-corrected chi connectivity index (χ3v) is 2.26. The van der Waals surface area contributed by atoms with Crippen LogP contribution in [0.5, 0.6) is 0 Å². The molecule has 0 nitrogen and oxygen atoms in total. The summed E-state index contributed by atoms with van der Waals surface area (Å²) in [7, 11) is 0. The summed E-state index contributed by atoms with van der Waals surface area (Å²) in [5, 5.41) is 0. The van der Waals surface area contributed by atoms with E-state index in [9.17, 15) is 0 Å². The molecule has 0 bridgehead atoms. The van der Waals surface area contributed by atoms with Gasteiger partial charge < -0.3 is 0 Å². The Labute approximate surface area is 105 Å². The average molecular weight is 402 g/mol. The van der Waals surface area contributed by atoms with Gasteiger partial charge >= 0.3 is 0 Å². The monoisotopic (exact) mass is 402 g/mol. The maximum absolute atomic E-state index is 2.25. The molecule has 0 saturated carbocycles. The van der Waals surface area contributed by atoms with Gasteiger partial charge in [-0.3, -0.25) is 0 Å². The molecule has 1 rings (SSSR count). The Morgan fingerprint density at radius 3 is 1.85 bits per heavy atom. The Bertz CT molecular complexity index is 193. The summed E-state index contributed by atoms with van der Waals surface area (Å²) in [5.74, 6) is 0.760. The van der Waals surface area contributed by atoms with Crippen molar-refractivity contribution in [3.05, 3.63) is 35.9 Å². The third kappa shape index (κ3) is 5.20. The summed E-state index contributed by atoms with van der Waals surface area (Å²) in [6.07, 6.45) is 2.50. The number of halogens is 2. The standard InChI is InChI=1S/C11H16.I2/c1-3-10(4-2)11-8-6-5-7-9-11;1-2/h5-10H,3-4H2,1-2H3;. The lowest BCUT2D eigenvalue weighted by Gasteiger charge is -2.11. The summed E-state index contributed by atoms with van der Waals surface area (Å²) in [6, 6.07) is 10.8. The molecule has 0 aromatic heterocycles. The Morgan fingerprint density at radius 1 is 1.00 bits per heavy atom. The van der Waals surface area contributed by atoms with Crippen molar-refractivity contribution in [2.24, 2.45) is 0 Å². The summed E-state index contributed by atoms with van der Waals surface area (Å²) in [5.41, 5.74) is 1.48. The van der Waals surface area contributed by atoms with E-state index in [1.165, 1.54) is 18.4 Å². The second-order valence-electron chi connectivity index (χ2n) is 2.92. The number of rotatable bonds is 3. The molecule has 0 saturated heterocycles. The molecule has 0 atom stereocenters. The van der Waals surface area contributed by atoms with Gasteiger partial charge in [0, 0.05) is 37.2 Å². The molecule has 0 radical (unpaired) electrons. The van der Waals surface area contributed by atoms with Crippen molar-refractivity contribution in [1.29, 1.82) is 0 Å². The van der Waals surface area contributed by atoms with Crippen LogP contribution in [0.25, 0.3) is 0 Å². The average Bonchev–Trinajstić information content (AvgIpc) is 2.24. The fraction of sp³-hybridized carbons (Fsp3) is 0.455. The van der Waals surface area contributed by atoms with Gasteiger partial charge in [0.2, 0.25) is 0 Å². The predicted octanol–water partition coefficient (Wildman–Crippen LogP) is 5.36. The Kier molecular flexibility index (Phi) is 9.73. The van der Waals surface area contributed by atoms with E-state index in [0.29, 0.717) is 0 Å². The lowest BCUT2D eigenvalue weighted by Crippen LogP contribution is -1.93. The van der Waals surface area contributed by atoms with Gasteiger partial charge in [0.25, 0.3) is 0 Å². The van der Waals surface area contributed by atoms with Gasteiger partial charge in [-0.2, -0.15) is 0 Å². The lowest BCUT2D eigenvalue weighted by molar-refractivity contribution is 0.642. The first kappa shape index (κ1) is 13.7. The van der Waals surface area contributed by atoms with Crippen LogP contribution < -0.4 is 0 Å². The largest absolute Gasteiger partial charge is 0.0648 e. The Morgan fingerprint density at radius 2 is 1.46 bits per heavy atom. The molecule has 0 aliphatic carbocycles. The highest BCUT2D eigenvalue weighted by Gasteiger charge is 2.03. The molecule has 1 aromatic carbocycles. The summed E-state index contributed by atoms with van der Waals surface area (Å²) >= 11 is 4.24. The van der Waals surface area contributed by atoms with Gasteiger partial charge in [-0.1, -0.05) is 44.2 Å². The van der Waals surface area contributed by atoms with E-state index in [2.05, 4.69) is 81.4 Å². The maximum Gasteiger partial charge on any atom is 0 e. The van der Waals surface area contributed by atoms with Gasteiger partial charge in [-0.05, 0) is 24.3 Å². The molecule has 13 heavy (non-hydrogen) atoms. The zero-order valence-corrected chi connectivity index (χ0v) is 12.4. The normalized spacial score (nSPS) is 9.31. The summed E-state index contributed by atoms with van der Waals surface area (Å²) < 4.78 is 0. The quantitative estimate of drug-likeness (QED) is 0.598. The third-order valence-electron chi connectivity index (χ3n) is 2.26. The molecule has 0 spiro atoms. The Hall–Kier alpha value is 0.680. The van der Waals surface area contributed by atoms with Gasteiger partial charge in [0.15, 0.2) is 0 Å². The molecule has 0 unspecified atom stereocenters. The predicted molar refractivity (Wildman–Crippen MR) is 77.8 cm³/mol. The van der Waals surface area contributed by atoms with Crippen molar-refractivity contribution in [2.45, 2.75) is 32.6 Å². The molecular formula is C11H16I2. The zero-order chi connectivity index (χ0) is 10.1. The molecule has 0 amide bonds. The topological polar surface area (TPSA) is 0 Å². The van der Waals surface area contributed by atoms with Crippen LogP contribution in [0.1, 0.15) is 38.2 Å². The number of benzene rings is 1. The van der Waals surface area contributed by atoms with E-state index in [0.717, 1.165) is 5.92 Å². The highest BCUT2D eigenvalue weighted by molar-refractivity contribution is 15.0. The van der Waals surface area contributed by atoms with Crippen LogP contribution in [-0.2, 0) is 0 Å². The van der Waals surface area contributed by atoms with Crippen molar-refractivity contribution in [2.75, 3.05) is 0 Å². The lowest BCUT2D eigenvalue weighted by atomic mass is 9.94. The van der Waals surface area contributed by atoms with Crippen LogP contribution in [-0.4, -0.2) is 0 Å². The minimum Gasteiger partial charge on any atom is -0.0648 e. The van der Waals surface area contributed by atoms with Crippen molar-refractivity contribution in [3.63, 3.8) is 0 Å². The van der Waals surface area contributed by atoms with Crippen LogP contribution in [0.4, 0.5) is 0 Å². The summed E-state index contributed by atoms with van der Waals surface area (Å²) in [6.45, 7) is 4.50. The van der Waals surface area contributed by atoms with Gasteiger partial charge in [0.05, 0.1) is 0 Å². The first-order valence-electron chi connectivity index (χ1n) is 4.57. The second-order valence-corrected chi connectivity index (χ2v) is 2.92. The van der Waals surface area contributed by atoms with Crippen molar-refractivity contribution in [3.8, 4) is 0 Å². The van der Waals surface area contributed by atoms with E-state index in [1.807, 2.05) is 0 Å². The molecule has 74 valence electrons. The van der Waals surface area contributed by atoms with Crippen LogP contribution in [0.15, 0.2) is 30.3 Å². The number of hydrogen-bond donors (Lipinski definition) is 0. The molecule has 1 aromatic rings. The fourth-order valence-electron chi connectivity index (χ4n) is 1.49. The SMILES string of the molecule is CCC(CC)c1ccccc1.II. The Balaban J connectivity index is 0.000000671. The highest BCUT2D eigenvalue weighted by atomic mass is 128. The smallest absolute Gasteiger partial charge is 0 e. The van der Waals surface area contributed by atoms with Gasteiger partial charge in [0.1, 0.15) is 0 Å². The van der Waals surface area contributed by atoms with E-state index in [4.69, 9.17) is 0 Å². The van der Waals surface area contributed by atoms with E-state index in [-0.39, 0.29) is 0 Å². The van der Waals surface area contributed by atoms with Crippen LogP contribution >= 0.6 is 37.2 Å². The molecule has 0 fully saturated rings.